The monoisotopic (exact) mass is 462 g/mol. The van der Waals surface area contributed by atoms with E-state index in [2.05, 4.69) is 37.0 Å². The first-order chi connectivity index (χ1) is 15.9. The van der Waals surface area contributed by atoms with E-state index in [1.807, 2.05) is 43.3 Å². The molecule has 0 spiro atoms. The van der Waals surface area contributed by atoms with Gasteiger partial charge in [-0.1, -0.05) is 68.4 Å². The first kappa shape index (κ1) is 23.2. The highest BCUT2D eigenvalue weighted by Crippen LogP contribution is 2.44. The fraction of sp³-hybridized carbons (Fsp3) is 0.385. The molecule has 3 aromatic rings. The molecule has 6 nitrogen and oxygen atoms in total. The lowest BCUT2D eigenvalue weighted by molar-refractivity contribution is -0.118. The van der Waals surface area contributed by atoms with Crippen LogP contribution < -0.4 is 9.64 Å². The highest BCUT2D eigenvalue weighted by molar-refractivity contribution is 7.99. The second-order valence-electron chi connectivity index (χ2n) is 8.76. The van der Waals surface area contributed by atoms with Gasteiger partial charge >= 0.3 is 0 Å². The van der Waals surface area contributed by atoms with Crippen molar-refractivity contribution in [2.45, 2.75) is 58.8 Å². The SMILES string of the molecule is CCc1ccc2c(c1)-c1nnc(SCCC(C)C)nc1O[C@H](c1cccc(C)c1)N2C(C)=O. The number of aryl methyl sites for hydroxylation is 2. The maximum Gasteiger partial charge on any atom is 0.247 e. The number of aromatic nitrogens is 3. The van der Waals surface area contributed by atoms with Crippen LogP contribution in [0.2, 0.25) is 0 Å². The van der Waals surface area contributed by atoms with Gasteiger partial charge in [0.2, 0.25) is 23.2 Å². The molecular formula is C26H30N4O2S. The number of carbonyl (C=O) groups is 1. The molecule has 1 atom stereocenters. The van der Waals surface area contributed by atoms with E-state index in [0.717, 1.165) is 46.5 Å². The van der Waals surface area contributed by atoms with Gasteiger partial charge in [0.15, 0.2) is 5.69 Å². The van der Waals surface area contributed by atoms with Crippen LogP contribution in [-0.2, 0) is 11.2 Å². The van der Waals surface area contributed by atoms with Crippen molar-refractivity contribution in [2.24, 2.45) is 5.92 Å². The zero-order valence-corrected chi connectivity index (χ0v) is 20.6. The van der Waals surface area contributed by atoms with Crippen LogP contribution in [0, 0.1) is 12.8 Å². The molecule has 0 unspecified atom stereocenters. The Kier molecular flexibility index (Phi) is 6.98. The molecule has 172 valence electrons. The van der Waals surface area contributed by atoms with Gasteiger partial charge in [-0.2, -0.15) is 4.98 Å². The predicted octanol–water partition coefficient (Wildman–Crippen LogP) is 5.99. The van der Waals surface area contributed by atoms with Gasteiger partial charge in [-0.15, -0.1) is 10.2 Å². The summed E-state index contributed by atoms with van der Waals surface area (Å²) in [5, 5.41) is 9.51. The summed E-state index contributed by atoms with van der Waals surface area (Å²) in [5.41, 5.74) is 5.26. The molecule has 0 fully saturated rings. The summed E-state index contributed by atoms with van der Waals surface area (Å²) in [6.07, 6.45) is 1.29. The average molecular weight is 463 g/mol. The Hall–Kier alpha value is -2.93. The van der Waals surface area contributed by atoms with Gasteiger partial charge < -0.3 is 4.74 Å². The Bertz CT molecular complexity index is 1160. The van der Waals surface area contributed by atoms with Crippen molar-refractivity contribution < 1.29 is 9.53 Å². The summed E-state index contributed by atoms with van der Waals surface area (Å²) in [6.45, 7) is 10.1. The smallest absolute Gasteiger partial charge is 0.247 e. The first-order valence-electron chi connectivity index (χ1n) is 11.4. The molecule has 7 heteroatoms. The molecule has 1 aromatic heterocycles. The van der Waals surface area contributed by atoms with Crippen molar-refractivity contribution in [1.82, 2.24) is 15.2 Å². The van der Waals surface area contributed by atoms with E-state index in [0.29, 0.717) is 22.6 Å². The standard InChI is InChI=1S/C26H30N4O2S/c1-6-19-10-11-22-21(15-19)23-24(27-26(29-28-23)33-13-12-16(2)3)32-25(30(22)18(5)31)20-9-7-8-17(4)14-20/h7-11,14-16,25H,6,12-13H2,1-5H3/t25-/m1/s1. The van der Waals surface area contributed by atoms with E-state index in [9.17, 15) is 4.79 Å². The summed E-state index contributed by atoms with van der Waals surface area (Å²) in [4.78, 5) is 19.4. The highest BCUT2D eigenvalue weighted by Gasteiger charge is 2.34. The highest BCUT2D eigenvalue weighted by atomic mass is 32.2. The normalized spacial score (nSPS) is 15.0. The number of benzene rings is 2. The fourth-order valence-electron chi connectivity index (χ4n) is 3.86. The van der Waals surface area contributed by atoms with Gasteiger partial charge in [0.05, 0.1) is 5.69 Å². The number of ether oxygens (including phenoxy) is 1. The number of fused-ring (bicyclic) bond motifs is 3. The van der Waals surface area contributed by atoms with Gasteiger partial charge in [-0.3, -0.25) is 9.69 Å². The minimum Gasteiger partial charge on any atom is -0.447 e. The number of anilines is 1. The zero-order chi connectivity index (χ0) is 23.5. The minimum atomic E-state index is -0.653. The lowest BCUT2D eigenvalue weighted by Crippen LogP contribution is -2.36. The van der Waals surface area contributed by atoms with Crippen LogP contribution in [0.15, 0.2) is 47.6 Å². The summed E-state index contributed by atoms with van der Waals surface area (Å²) in [5.74, 6) is 1.81. The van der Waals surface area contributed by atoms with Crippen molar-refractivity contribution in [1.29, 1.82) is 0 Å². The first-order valence-corrected chi connectivity index (χ1v) is 12.4. The van der Waals surface area contributed by atoms with Gasteiger partial charge in [-0.05, 0) is 43.4 Å². The van der Waals surface area contributed by atoms with Crippen molar-refractivity contribution in [3.63, 3.8) is 0 Å². The molecule has 33 heavy (non-hydrogen) atoms. The van der Waals surface area contributed by atoms with Crippen molar-refractivity contribution in [2.75, 3.05) is 10.7 Å². The molecule has 0 radical (unpaired) electrons. The number of amides is 1. The Morgan fingerprint density at radius 3 is 2.70 bits per heavy atom. The predicted molar refractivity (Wildman–Crippen MR) is 133 cm³/mol. The van der Waals surface area contributed by atoms with Gasteiger partial charge in [-0.25, -0.2) is 0 Å². The molecule has 2 heterocycles. The summed E-state index contributed by atoms with van der Waals surface area (Å²) < 4.78 is 6.47. The number of thioether (sulfide) groups is 1. The third-order valence-corrected chi connectivity index (χ3v) is 6.54. The number of carbonyl (C=O) groups excluding carboxylic acids is 1. The van der Waals surface area contributed by atoms with E-state index >= 15 is 0 Å². The molecule has 1 aliphatic heterocycles. The maximum atomic E-state index is 12.9. The number of nitrogens with zero attached hydrogens (tertiary/aromatic N) is 4. The van der Waals surface area contributed by atoms with E-state index in [-0.39, 0.29) is 5.91 Å². The van der Waals surface area contributed by atoms with Crippen molar-refractivity contribution >= 4 is 23.4 Å². The summed E-state index contributed by atoms with van der Waals surface area (Å²) in [6, 6.07) is 14.1. The van der Waals surface area contributed by atoms with Gasteiger partial charge in [0, 0.05) is 23.8 Å². The largest absolute Gasteiger partial charge is 0.447 e. The quantitative estimate of drug-likeness (QED) is 0.419. The topological polar surface area (TPSA) is 68.2 Å². The Balaban J connectivity index is 1.86. The molecule has 0 aliphatic carbocycles. The van der Waals surface area contributed by atoms with Gasteiger partial charge in [0.1, 0.15) is 0 Å². The Morgan fingerprint density at radius 1 is 1.18 bits per heavy atom. The third kappa shape index (κ3) is 5.03. The number of rotatable bonds is 6. The fourth-order valence-corrected chi connectivity index (χ4v) is 4.88. The second-order valence-corrected chi connectivity index (χ2v) is 9.82. The van der Waals surface area contributed by atoms with E-state index in [1.54, 1.807) is 23.6 Å². The number of hydrogen-bond donors (Lipinski definition) is 0. The van der Waals surface area contributed by atoms with Crippen LogP contribution in [0.5, 0.6) is 5.88 Å². The maximum absolute atomic E-state index is 12.9. The minimum absolute atomic E-state index is 0.112. The number of hydrogen-bond acceptors (Lipinski definition) is 6. The van der Waals surface area contributed by atoms with Crippen LogP contribution in [0.25, 0.3) is 11.3 Å². The molecule has 1 amide bonds. The van der Waals surface area contributed by atoms with E-state index in [1.165, 1.54) is 0 Å². The second kappa shape index (κ2) is 9.91. The van der Waals surface area contributed by atoms with Crippen LogP contribution >= 0.6 is 11.8 Å². The van der Waals surface area contributed by atoms with Crippen molar-refractivity contribution in [3.05, 3.63) is 59.2 Å². The Labute approximate surface area is 199 Å². The summed E-state index contributed by atoms with van der Waals surface area (Å²) in [7, 11) is 0. The average Bonchev–Trinajstić information content (AvgIpc) is 2.92. The summed E-state index contributed by atoms with van der Waals surface area (Å²) >= 11 is 1.58. The molecule has 0 saturated carbocycles. The van der Waals surface area contributed by atoms with E-state index in [4.69, 9.17) is 9.72 Å². The molecule has 4 rings (SSSR count). The molecule has 2 aromatic carbocycles. The lowest BCUT2D eigenvalue weighted by Gasteiger charge is -2.30. The Morgan fingerprint density at radius 2 is 2.00 bits per heavy atom. The van der Waals surface area contributed by atoms with Crippen LogP contribution in [0.4, 0.5) is 5.69 Å². The molecule has 0 bridgehead atoms. The molecule has 0 saturated heterocycles. The third-order valence-electron chi connectivity index (χ3n) is 5.67. The molecule has 1 aliphatic rings. The van der Waals surface area contributed by atoms with Crippen LogP contribution in [0.1, 0.15) is 57.0 Å². The molecule has 0 N–H and O–H groups in total. The lowest BCUT2D eigenvalue weighted by atomic mass is 10.0. The van der Waals surface area contributed by atoms with Crippen molar-refractivity contribution in [3.8, 4) is 17.1 Å². The van der Waals surface area contributed by atoms with Crippen LogP contribution in [-0.4, -0.2) is 26.8 Å². The van der Waals surface area contributed by atoms with E-state index < -0.39 is 6.23 Å². The zero-order valence-electron chi connectivity index (χ0n) is 19.8. The van der Waals surface area contributed by atoms with Crippen LogP contribution in [0.3, 0.4) is 0 Å². The van der Waals surface area contributed by atoms with Gasteiger partial charge in [0.25, 0.3) is 0 Å². The molecular weight excluding hydrogens is 432 g/mol.